The Labute approximate surface area is 97.4 Å². The number of amides is 1. The van der Waals surface area contributed by atoms with E-state index in [1.54, 1.807) is 4.90 Å². The molecule has 0 aromatic heterocycles. The van der Waals surface area contributed by atoms with Gasteiger partial charge < -0.3 is 10.6 Å². The lowest BCUT2D eigenvalue weighted by Crippen LogP contribution is -2.48. The summed E-state index contributed by atoms with van der Waals surface area (Å²) in [7, 11) is 0. The molecule has 2 unspecified atom stereocenters. The van der Waals surface area contributed by atoms with Gasteiger partial charge in [-0.25, -0.2) is 0 Å². The number of carbonyl (C=O) groups is 1. The standard InChI is InChI=1S/C12H21N3O/c1-3-9(2)11(14)12(16)15(8-4-7-13)10-5-6-10/h9-11H,3-6,8,14H2,1-2H3. The molecule has 0 saturated heterocycles. The number of nitrogens with two attached hydrogens (primary N) is 1. The van der Waals surface area contributed by atoms with Crippen molar-refractivity contribution in [1.29, 1.82) is 5.26 Å². The highest BCUT2D eigenvalue weighted by atomic mass is 16.2. The molecule has 0 spiro atoms. The first kappa shape index (κ1) is 13.0. The summed E-state index contributed by atoms with van der Waals surface area (Å²) < 4.78 is 0. The van der Waals surface area contributed by atoms with E-state index in [1.807, 2.05) is 13.8 Å². The summed E-state index contributed by atoms with van der Waals surface area (Å²) in [4.78, 5) is 13.9. The normalized spacial score (nSPS) is 18.6. The quantitative estimate of drug-likeness (QED) is 0.737. The van der Waals surface area contributed by atoms with Crippen molar-refractivity contribution < 1.29 is 4.79 Å². The average molecular weight is 223 g/mol. The van der Waals surface area contributed by atoms with Gasteiger partial charge in [-0.05, 0) is 18.8 Å². The second kappa shape index (κ2) is 5.86. The molecule has 4 nitrogen and oxygen atoms in total. The molecule has 90 valence electrons. The van der Waals surface area contributed by atoms with Crippen LogP contribution in [-0.4, -0.2) is 29.4 Å². The summed E-state index contributed by atoms with van der Waals surface area (Å²) in [6.45, 7) is 4.57. The third-order valence-electron chi connectivity index (χ3n) is 3.28. The molecule has 4 heteroatoms. The highest BCUT2D eigenvalue weighted by molar-refractivity contribution is 5.82. The highest BCUT2D eigenvalue weighted by Crippen LogP contribution is 2.28. The molecule has 1 fully saturated rings. The maximum absolute atomic E-state index is 12.1. The Morgan fingerprint density at radius 1 is 1.62 bits per heavy atom. The molecule has 1 rings (SSSR count). The molecule has 2 N–H and O–H groups in total. The van der Waals surface area contributed by atoms with Crippen molar-refractivity contribution in [2.75, 3.05) is 6.54 Å². The first-order valence-corrected chi connectivity index (χ1v) is 6.04. The minimum absolute atomic E-state index is 0.0205. The monoisotopic (exact) mass is 223 g/mol. The summed E-state index contributed by atoms with van der Waals surface area (Å²) >= 11 is 0. The van der Waals surface area contributed by atoms with Crippen LogP contribution in [0.2, 0.25) is 0 Å². The molecular weight excluding hydrogens is 202 g/mol. The fourth-order valence-electron chi connectivity index (χ4n) is 1.72. The fourth-order valence-corrected chi connectivity index (χ4v) is 1.72. The molecule has 0 radical (unpaired) electrons. The maximum Gasteiger partial charge on any atom is 0.240 e. The molecule has 1 amide bonds. The van der Waals surface area contributed by atoms with Crippen LogP contribution in [0.4, 0.5) is 0 Å². The lowest BCUT2D eigenvalue weighted by atomic mass is 9.99. The zero-order chi connectivity index (χ0) is 12.1. The molecule has 0 aromatic carbocycles. The molecule has 1 aliphatic carbocycles. The number of nitrogens with zero attached hydrogens (tertiary/aromatic N) is 2. The third kappa shape index (κ3) is 3.21. The predicted molar refractivity (Wildman–Crippen MR) is 62.4 cm³/mol. The van der Waals surface area contributed by atoms with E-state index in [2.05, 4.69) is 6.07 Å². The number of hydrogen-bond acceptors (Lipinski definition) is 3. The molecule has 1 saturated carbocycles. The molecule has 16 heavy (non-hydrogen) atoms. The van der Waals surface area contributed by atoms with Crippen LogP contribution >= 0.6 is 0 Å². The van der Waals surface area contributed by atoms with Crippen molar-refractivity contribution in [2.24, 2.45) is 11.7 Å². The zero-order valence-corrected chi connectivity index (χ0v) is 10.1. The van der Waals surface area contributed by atoms with Gasteiger partial charge in [0.2, 0.25) is 5.91 Å². The lowest BCUT2D eigenvalue weighted by Gasteiger charge is -2.27. The maximum atomic E-state index is 12.1. The fraction of sp³-hybridized carbons (Fsp3) is 0.833. The van der Waals surface area contributed by atoms with Gasteiger partial charge in [0.25, 0.3) is 0 Å². The van der Waals surface area contributed by atoms with Crippen molar-refractivity contribution in [2.45, 2.75) is 51.6 Å². The molecule has 2 atom stereocenters. The minimum Gasteiger partial charge on any atom is -0.337 e. The number of rotatable bonds is 6. The van der Waals surface area contributed by atoms with E-state index in [0.717, 1.165) is 19.3 Å². The van der Waals surface area contributed by atoms with Crippen LogP contribution in [0.25, 0.3) is 0 Å². The van der Waals surface area contributed by atoms with E-state index in [1.165, 1.54) is 0 Å². The summed E-state index contributed by atoms with van der Waals surface area (Å²) in [5, 5.41) is 8.57. The van der Waals surface area contributed by atoms with Gasteiger partial charge in [-0.2, -0.15) is 5.26 Å². The van der Waals surface area contributed by atoms with Gasteiger partial charge >= 0.3 is 0 Å². The molecule has 1 aliphatic rings. The topological polar surface area (TPSA) is 70.1 Å². The number of nitriles is 1. The smallest absolute Gasteiger partial charge is 0.240 e. The van der Waals surface area contributed by atoms with Crippen LogP contribution in [0.1, 0.15) is 39.5 Å². The molecule has 0 heterocycles. The first-order valence-electron chi connectivity index (χ1n) is 6.04. The van der Waals surface area contributed by atoms with Crippen molar-refractivity contribution >= 4 is 5.91 Å². The molecule has 0 bridgehead atoms. The summed E-state index contributed by atoms with van der Waals surface area (Å²) in [6, 6.07) is 2.01. The highest BCUT2D eigenvalue weighted by Gasteiger charge is 2.35. The third-order valence-corrected chi connectivity index (χ3v) is 3.28. The SMILES string of the molecule is CCC(C)C(N)C(=O)N(CCC#N)C1CC1. The van der Waals surface area contributed by atoms with Gasteiger partial charge in [-0.15, -0.1) is 0 Å². The van der Waals surface area contributed by atoms with Gasteiger partial charge in [-0.1, -0.05) is 20.3 Å². The van der Waals surface area contributed by atoms with Gasteiger partial charge in [0.1, 0.15) is 0 Å². The van der Waals surface area contributed by atoms with Gasteiger partial charge in [0.15, 0.2) is 0 Å². The second-order valence-electron chi connectivity index (χ2n) is 4.58. The molecule has 0 aliphatic heterocycles. The summed E-state index contributed by atoms with van der Waals surface area (Å²) in [5.74, 6) is 0.225. The summed E-state index contributed by atoms with van der Waals surface area (Å²) in [6.07, 6.45) is 3.42. The van der Waals surface area contributed by atoms with Gasteiger partial charge in [0.05, 0.1) is 18.5 Å². The largest absolute Gasteiger partial charge is 0.337 e. The van der Waals surface area contributed by atoms with Crippen molar-refractivity contribution in [3.63, 3.8) is 0 Å². The Bertz CT molecular complexity index is 280. The Morgan fingerprint density at radius 3 is 2.69 bits per heavy atom. The van der Waals surface area contributed by atoms with Crippen LogP contribution in [0.5, 0.6) is 0 Å². The Morgan fingerprint density at radius 2 is 2.25 bits per heavy atom. The molecule has 0 aromatic rings. The van der Waals surface area contributed by atoms with Crippen LogP contribution in [0.3, 0.4) is 0 Å². The van der Waals surface area contributed by atoms with Crippen LogP contribution < -0.4 is 5.73 Å². The zero-order valence-electron chi connectivity index (χ0n) is 10.1. The van der Waals surface area contributed by atoms with Crippen LogP contribution in [-0.2, 0) is 4.79 Å². The second-order valence-corrected chi connectivity index (χ2v) is 4.58. The Kier molecular flexibility index (Phi) is 4.75. The van der Waals surface area contributed by atoms with Crippen molar-refractivity contribution in [3.05, 3.63) is 0 Å². The Balaban J connectivity index is 2.56. The van der Waals surface area contributed by atoms with Crippen molar-refractivity contribution in [1.82, 2.24) is 4.90 Å². The van der Waals surface area contributed by atoms with Crippen molar-refractivity contribution in [3.8, 4) is 6.07 Å². The molecular formula is C12H21N3O. The van der Waals surface area contributed by atoms with E-state index in [0.29, 0.717) is 19.0 Å². The lowest BCUT2D eigenvalue weighted by molar-refractivity contribution is -0.134. The van der Waals surface area contributed by atoms with E-state index in [-0.39, 0.29) is 11.8 Å². The first-order chi connectivity index (χ1) is 7.61. The van der Waals surface area contributed by atoms with Gasteiger partial charge in [-0.3, -0.25) is 4.79 Å². The number of hydrogen-bond donors (Lipinski definition) is 1. The van der Waals surface area contributed by atoms with Crippen LogP contribution in [0.15, 0.2) is 0 Å². The van der Waals surface area contributed by atoms with E-state index < -0.39 is 6.04 Å². The average Bonchev–Trinajstić information content (AvgIpc) is 3.11. The Hall–Kier alpha value is -1.08. The predicted octanol–water partition coefficient (Wildman–Crippen LogP) is 1.26. The number of carbonyl (C=O) groups excluding carboxylic acids is 1. The minimum atomic E-state index is -0.413. The van der Waals surface area contributed by atoms with E-state index in [9.17, 15) is 4.79 Å². The van der Waals surface area contributed by atoms with E-state index in [4.69, 9.17) is 11.0 Å². The summed E-state index contributed by atoms with van der Waals surface area (Å²) in [5.41, 5.74) is 5.94. The van der Waals surface area contributed by atoms with E-state index >= 15 is 0 Å². The van der Waals surface area contributed by atoms with Crippen LogP contribution in [0, 0.1) is 17.2 Å². The van der Waals surface area contributed by atoms with Gasteiger partial charge in [0, 0.05) is 12.6 Å².